The molecule has 2 saturated heterocycles. The first-order valence-electron chi connectivity index (χ1n) is 15.2. The van der Waals surface area contributed by atoms with Gasteiger partial charge in [-0.3, -0.25) is 9.69 Å². The number of hydrogen-bond acceptors (Lipinski definition) is 4. The van der Waals surface area contributed by atoms with E-state index in [0.29, 0.717) is 37.5 Å². The Bertz CT molecular complexity index is 1120. The zero-order valence-corrected chi connectivity index (χ0v) is 23.5. The van der Waals surface area contributed by atoms with Crippen molar-refractivity contribution in [3.8, 4) is 0 Å². The fraction of sp³-hybridized carbons (Fsp3) is 0.606. The van der Waals surface area contributed by atoms with Crippen LogP contribution in [0.15, 0.2) is 48.5 Å². The van der Waals surface area contributed by atoms with Gasteiger partial charge >= 0.3 is 5.97 Å². The zero-order chi connectivity index (χ0) is 28.1. The van der Waals surface area contributed by atoms with Crippen LogP contribution in [0, 0.1) is 23.5 Å². The minimum absolute atomic E-state index is 0.234. The summed E-state index contributed by atoms with van der Waals surface area (Å²) in [6.07, 6.45) is 8.86. The van der Waals surface area contributed by atoms with Gasteiger partial charge in [0.25, 0.3) is 0 Å². The number of benzene rings is 2. The maximum Gasteiger partial charge on any atom is 0.321 e. The molecule has 3 atom stereocenters. The molecule has 218 valence electrons. The van der Waals surface area contributed by atoms with E-state index in [4.69, 9.17) is 0 Å². The monoisotopic (exact) mass is 554 g/mol. The van der Waals surface area contributed by atoms with E-state index in [1.165, 1.54) is 24.1 Å². The van der Waals surface area contributed by atoms with Crippen LogP contribution in [0.3, 0.4) is 0 Å². The van der Waals surface area contributed by atoms with Gasteiger partial charge in [0.05, 0.1) is 5.60 Å². The van der Waals surface area contributed by atoms with E-state index >= 15 is 0 Å². The van der Waals surface area contributed by atoms with Gasteiger partial charge in [0.1, 0.15) is 6.04 Å². The van der Waals surface area contributed by atoms with Crippen LogP contribution >= 0.6 is 0 Å². The van der Waals surface area contributed by atoms with E-state index < -0.39 is 29.2 Å². The molecule has 5 rings (SSSR count). The molecule has 0 amide bonds. The Morgan fingerprint density at radius 3 is 2.38 bits per heavy atom. The largest absolute Gasteiger partial charge is 0.480 e. The number of hydrogen-bond donors (Lipinski definition) is 2. The average molecular weight is 555 g/mol. The van der Waals surface area contributed by atoms with Crippen LogP contribution in [0.4, 0.5) is 8.78 Å². The molecule has 1 saturated carbocycles. The van der Waals surface area contributed by atoms with Gasteiger partial charge in [-0.15, -0.1) is 0 Å². The van der Waals surface area contributed by atoms with Crippen molar-refractivity contribution in [3.63, 3.8) is 0 Å². The van der Waals surface area contributed by atoms with Crippen molar-refractivity contribution in [1.29, 1.82) is 0 Å². The third-order valence-corrected chi connectivity index (χ3v) is 9.81. The Kier molecular flexibility index (Phi) is 9.54. The highest BCUT2D eigenvalue weighted by Gasteiger charge is 2.43. The molecule has 0 bridgehead atoms. The summed E-state index contributed by atoms with van der Waals surface area (Å²) in [5, 5.41) is 21.5. The maximum atomic E-state index is 13.5. The first-order chi connectivity index (χ1) is 19.3. The number of likely N-dealkylation sites (tertiary alicyclic amines) is 2. The standard InChI is InChI=1S/C33H44F2N2O3/c34-29-14-13-24(20-30(29)35)8-7-15-33(40)16-18-36(19-17-33)21-27-22-37(23-28(27)25-9-3-1-4-10-25)31(32(38)39)26-11-5-2-6-12-26/h1,3-4,9-10,13-14,20,26-28,31,40H,2,5-8,11-12,15-19,21-23H2,(H,38,39)/t27-,28+,31+/m0/s1. The van der Waals surface area contributed by atoms with E-state index in [1.807, 2.05) is 6.07 Å². The Morgan fingerprint density at radius 2 is 1.70 bits per heavy atom. The van der Waals surface area contributed by atoms with E-state index in [2.05, 4.69) is 34.1 Å². The highest BCUT2D eigenvalue weighted by atomic mass is 19.2. The van der Waals surface area contributed by atoms with Crippen LogP contribution in [0.2, 0.25) is 0 Å². The molecule has 2 aromatic carbocycles. The first kappa shape index (κ1) is 29.2. The lowest BCUT2D eigenvalue weighted by Gasteiger charge is -2.40. The summed E-state index contributed by atoms with van der Waals surface area (Å²) in [5.74, 6) is -1.46. The molecule has 3 fully saturated rings. The summed E-state index contributed by atoms with van der Waals surface area (Å²) in [7, 11) is 0. The number of aryl methyl sites for hydroxylation is 1. The highest BCUT2D eigenvalue weighted by Crippen LogP contribution is 2.39. The quantitative estimate of drug-likeness (QED) is 0.385. The zero-order valence-electron chi connectivity index (χ0n) is 23.5. The normalized spacial score (nSPS) is 25.2. The van der Waals surface area contributed by atoms with Gasteiger partial charge < -0.3 is 15.1 Å². The van der Waals surface area contributed by atoms with Crippen LogP contribution in [0.25, 0.3) is 0 Å². The van der Waals surface area contributed by atoms with Crippen LogP contribution in [-0.4, -0.2) is 70.3 Å². The Hall–Kier alpha value is -2.35. The number of aliphatic carboxylic acids is 1. The molecule has 2 aliphatic heterocycles. The van der Waals surface area contributed by atoms with Gasteiger partial charge in [-0.05, 0) is 80.0 Å². The van der Waals surface area contributed by atoms with Gasteiger partial charge in [0.15, 0.2) is 11.6 Å². The molecule has 0 spiro atoms. The van der Waals surface area contributed by atoms with Crippen LogP contribution in [-0.2, 0) is 11.2 Å². The Labute approximate surface area is 237 Å². The molecular formula is C33H44F2N2O3. The predicted molar refractivity (Wildman–Crippen MR) is 152 cm³/mol. The van der Waals surface area contributed by atoms with Crippen molar-refractivity contribution in [2.75, 3.05) is 32.7 Å². The van der Waals surface area contributed by atoms with Crippen molar-refractivity contribution in [2.24, 2.45) is 11.8 Å². The first-order valence-corrected chi connectivity index (χ1v) is 15.2. The summed E-state index contributed by atoms with van der Waals surface area (Å²) >= 11 is 0. The maximum absolute atomic E-state index is 13.5. The second-order valence-electron chi connectivity index (χ2n) is 12.5. The molecule has 2 N–H and O–H groups in total. The summed E-state index contributed by atoms with van der Waals surface area (Å²) < 4.78 is 26.7. The molecule has 1 aliphatic carbocycles. The van der Waals surface area contributed by atoms with Crippen LogP contribution < -0.4 is 0 Å². The summed E-state index contributed by atoms with van der Waals surface area (Å²) in [4.78, 5) is 17.2. The molecule has 2 heterocycles. The number of halogens is 2. The van der Waals surface area contributed by atoms with Crippen molar-refractivity contribution < 1.29 is 23.8 Å². The number of aliphatic hydroxyl groups is 1. The molecule has 0 radical (unpaired) electrons. The molecule has 5 nitrogen and oxygen atoms in total. The van der Waals surface area contributed by atoms with E-state index in [9.17, 15) is 23.8 Å². The van der Waals surface area contributed by atoms with Crippen LogP contribution in [0.5, 0.6) is 0 Å². The number of piperidine rings is 1. The van der Waals surface area contributed by atoms with Gasteiger partial charge in [0, 0.05) is 38.6 Å². The van der Waals surface area contributed by atoms with Gasteiger partial charge in [-0.25, -0.2) is 8.78 Å². The fourth-order valence-electron chi connectivity index (χ4n) is 7.55. The lowest BCUT2D eigenvalue weighted by Crippen LogP contribution is -2.47. The van der Waals surface area contributed by atoms with Gasteiger partial charge in [-0.2, -0.15) is 0 Å². The lowest BCUT2D eigenvalue weighted by atomic mass is 9.83. The topological polar surface area (TPSA) is 64.0 Å². The molecule has 3 aliphatic rings. The molecule has 2 aromatic rings. The van der Waals surface area contributed by atoms with Crippen molar-refractivity contribution >= 4 is 5.97 Å². The van der Waals surface area contributed by atoms with Crippen molar-refractivity contribution in [1.82, 2.24) is 9.80 Å². The van der Waals surface area contributed by atoms with E-state index in [0.717, 1.165) is 70.4 Å². The third kappa shape index (κ3) is 7.10. The number of carboxylic acid groups (broad SMARTS) is 1. The molecule has 7 heteroatoms. The molecule has 0 aromatic heterocycles. The molecular weight excluding hydrogens is 510 g/mol. The average Bonchev–Trinajstić information content (AvgIpc) is 3.36. The SMILES string of the molecule is O=C(O)[C@@H](C1CCCCC1)N1C[C@H](CN2CCC(O)(CCCc3ccc(F)c(F)c3)CC2)[C@@H](c2ccccc2)C1. The number of carboxylic acids is 1. The highest BCUT2D eigenvalue weighted by molar-refractivity contribution is 5.74. The third-order valence-electron chi connectivity index (χ3n) is 9.81. The molecule has 40 heavy (non-hydrogen) atoms. The number of rotatable bonds is 10. The van der Waals surface area contributed by atoms with E-state index in [-0.39, 0.29) is 5.92 Å². The summed E-state index contributed by atoms with van der Waals surface area (Å²) in [6.45, 7) is 4.10. The lowest BCUT2D eigenvalue weighted by molar-refractivity contribution is -0.145. The second-order valence-corrected chi connectivity index (χ2v) is 12.5. The Morgan fingerprint density at radius 1 is 0.975 bits per heavy atom. The molecule has 0 unspecified atom stereocenters. The number of nitrogens with zero attached hydrogens (tertiary/aromatic N) is 2. The van der Waals surface area contributed by atoms with E-state index in [1.54, 1.807) is 6.07 Å². The second kappa shape index (κ2) is 13.1. The predicted octanol–water partition coefficient (Wildman–Crippen LogP) is 5.86. The summed E-state index contributed by atoms with van der Waals surface area (Å²) in [5.41, 5.74) is 1.31. The van der Waals surface area contributed by atoms with Crippen LogP contribution in [0.1, 0.15) is 74.8 Å². The number of carbonyl (C=O) groups is 1. The fourth-order valence-corrected chi connectivity index (χ4v) is 7.55. The minimum atomic E-state index is -0.831. The summed E-state index contributed by atoms with van der Waals surface area (Å²) in [6, 6.07) is 14.2. The van der Waals surface area contributed by atoms with Gasteiger partial charge in [0.2, 0.25) is 0 Å². The van der Waals surface area contributed by atoms with Crippen molar-refractivity contribution in [3.05, 3.63) is 71.3 Å². The minimum Gasteiger partial charge on any atom is -0.480 e. The van der Waals surface area contributed by atoms with Crippen molar-refractivity contribution in [2.45, 2.75) is 81.8 Å². The Balaban J connectivity index is 1.18. The van der Waals surface area contributed by atoms with Gasteiger partial charge in [-0.1, -0.05) is 55.7 Å². The smallest absolute Gasteiger partial charge is 0.321 e.